The number of aromatic nitrogens is 2. The second kappa shape index (κ2) is 6.25. The number of imidazole rings is 1. The summed E-state index contributed by atoms with van der Waals surface area (Å²) in [6.45, 7) is 0.197. The minimum Gasteiger partial charge on any atom is -0.489 e. The quantitative estimate of drug-likeness (QED) is 0.759. The van der Waals surface area contributed by atoms with Gasteiger partial charge in [0.1, 0.15) is 18.5 Å². The summed E-state index contributed by atoms with van der Waals surface area (Å²) in [5.41, 5.74) is 1.24. The Morgan fingerprint density at radius 3 is 2.73 bits per heavy atom. The van der Waals surface area contributed by atoms with Gasteiger partial charge in [0.2, 0.25) is 0 Å². The van der Waals surface area contributed by atoms with E-state index in [1.54, 1.807) is 24.3 Å². The molecular formula is C16H15ClN2O3. The van der Waals surface area contributed by atoms with Crippen LogP contribution in [0.15, 0.2) is 53.3 Å². The third-order valence-corrected chi connectivity index (χ3v) is 3.66. The predicted octanol–water partition coefficient (Wildman–Crippen LogP) is 2.42. The number of halogens is 1. The Kier molecular flexibility index (Phi) is 4.18. The molecule has 0 aliphatic carbocycles. The van der Waals surface area contributed by atoms with Gasteiger partial charge < -0.3 is 14.8 Å². The standard InChI is InChI=1S/C16H15ClN2O3/c17-12-5-1-4-8-15(12)22-10-11(20)9-19-14-7-3-2-6-13(14)18-16(19)21/h1-8,11,20H,9-10H2,(H,18,21). The third-order valence-electron chi connectivity index (χ3n) is 3.34. The van der Waals surface area contributed by atoms with Crippen LogP contribution in [0.4, 0.5) is 0 Å². The molecule has 5 nitrogen and oxygen atoms in total. The first-order chi connectivity index (χ1) is 10.6. The van der Waals surface area contributed by atoms with Crippen molar-refractivity contribution in [3.05, 3.63) is 64.0 Å². The van der Waals surface area contributed by atoms with Crippen LogP contribution in [-0.2, 0) is 6.54 Å². The number of hydrogen-bond acceptors (Lipinski definition) is 3. The van der Waals surface area contributed by atoms with Crippen LogP contribution >= 0.6 is 11.6 Å². The average molecular weight is 319 g/mol. The Labute approximate surface area is 131 Å². The second-order valence-corrected chi connectivity index (χ2v) is 5.36. The maximum Gasteiger partial charge on any atom is 0.326 e. The van der Waals surface area contributed by atoms with E-state index in [1.165, 1.54) is 4.57 Å². The van der Waals surface area contributed by atoms with Crippen molar-refractivity contribution >= 4 is 22.6 Å². The molecule has 0 fully saturated rings. The normalized spacial score (nSPS) is 12.5. The molecule has 2 N–H and O–H groups in total. The number of hydrogen-bond donors (Lipinski definition) is 2. The van der Waals surface area contributed by atoms with Crippen LogP contribution < -0.4 is 10.4 Å². The van der Waals surface area contributed by atoms with Gasteiger partial charge >= 0.3 is 5.69 Å². The van der Waals surface area contributed by atoms with Gasteiger partial charge in [-0.05, 0) is 24.3 Å². The first-order valence-corrected chi connectivity index (χ1v) is 7.26. The van der Waals surface area contributed by atoms with Crippen LogP contribution in [-0.4, -0.2) is 27.4 Å². The molecule has 0 saturated heterocycles. The van der Waals surface area contributed by atoms with Crippen molar-refractivity contribution < 1.29 is 9.84 Å². The number of ether oxygens (including phenoxy) is 1. The molecule has 2 aromatic carbocycles. The van der Waals surface area contributed by atoms with Crippen LogP contribution in [0.2, 0.25) is 5.02 Å². The van der Waals surface area contributed by atoms with E-state index in [4.69, 9.17) is 16.3 Å². The SMILES string of the molecule is O=c1[nH]c2ccccc2n1CC(O)COc1ccccc1Cl. The van der Waals surface area contributed by atoms with Crippen molar-refractivity contribution in [1.82, 2.24) is 9.55 Å². The Balaban J connectivity index is 1.71. The number of rotatable bonds is 5. The zero-order valence-electron chi connectivity index (χ0n) is 11.7. The van der Waals surface area contributed by atoms with Gasteiger partial charge in [-0.3, -0.25) is 4.57 Å². The van der Waals surface area contributed by atoms with Gasteiger partial charge in [0, 0.05) is 0 Å². The zero-order chi connectivity index (χ0) is 15.5. The van der Waals surface area contributed by atoms with Crippen molar-refractivity contribution in [2.24, 2.45) is 0 Å². The summed E-state index contributed by atoms with van der Waals surface area (Å²) in [7, 11) is 0. The number of para-hydroxylation sites is 3. The summed E-state index contributed by atoms with van der Waals surface area (Å²) in [5.74, 6) is 0.509. The number of nitrogens with zero attached hydrogens (tertiary/aromatic N) is 1. The van der Waals surface area contributed by atoms with Crippen molar-refractivity contribution in [1.29, 1.82) is 0 Å². The molecule has 0 saturated carbocycles. The fraction of sp³-hybridized carbons (Fsp3) is 0.188. The largest absolute Gasteiger partial charge is 0.489 e. The maximum absolute atomic E-state index is 11.9. The van der Waals surface area contributed by atoms with Gasteiger partial charge in [0.05, 0.1) is 22.6 Å². The lowest BCUT2D eigenvalue weighted by Gasteiger charge is -2.13. The van der Waals surface area contributed by atoms with E-state index in [-0.39, 0.29) is 18.8 Å². The summed E-state index contributed by atoms with van der Waals surface area (Å²) >= 11 is 5.99. The molecule has 1 unspecified atom stereocenters. The molecule has 0 bridgehead atoms. The minimum atomic E-state index is -0.826. The van der Waals surface area contributed by atoms with Gasteiger partial charge in [0.15, 0.2) is 0 Å². The topological polar surface area (TPSA) is 67.2 Å². The number of benzene rings is 2. The first-order valence-electron chi connectivity index (χ1n) is 6.88. The molecule has 0 amide bonds. The number of nitrogens with one attached hydrogen (secondary N) is 1. The molecule has 6 heteroatoms. The monoisotopic (exact) mass is 318 g/mol. The number of fused-ring (bicyclic) bond motifs is 1. The van der Waals surface area contributed by atoms with E-state index in [0.29, 0.717) is 10.8 Å². The zero-order valence-corrected chi connectivity index (χ0v) is 12.5. The molecular weight excluding hydrogens is 304 g/mol. The molecule has 1 heterocycles. The summed E-state index contributed by atoms with van der Waals surface area (Å²) in [4.78, 5) is 14.7. The van der Waals surface area contributed by atoms with Crippen LogP contribution in [0, 0.1) is 0 Å². The highest BCUT2D eigenvalue weighted by Crippen LogP contribution is 2.23. The van der Waals surface area contributed by atoms with Crippen molar-refractivity contribution in [2.75, 3.05) is 6.61 Å². The molecule has 0 spiro atoms. The molecule has 0 radical (unpaired) electrons. The molecule has 0 aliphatic heterocycles. The number of aromatic amines is 1. The Morgan fingerprint density at radius 2 is 1.91 bits per heavy atom. The summed E-state index contributed by atoms with van der Waals surface area (Å²) in [6, 6.07) is 14.4. The fourth-order valence-corrected chi connectivity index (χ4v) is 2.49. The minimum absolute atomic E-state index is 0.0513. The smallest absolute Gasteiger partial charge is 0.326 e. The Bertz CT molecular complexity index is 841. The van der Waals surface area contributed by atoms with Crippen molar-refractivity contribution in [3.8, 4) is 5.75 Å². The highest BCUT2D eigenvalue weighted by atomic mass is 35.5. The lowest BCUT2D eigenvalue weighted by Crippen LogP contribution is -2.28. The molecule has 3 aromatic rings. The predicted molar refractivity (Wildman–Crippen MR) is 85.5 cm³/mol. The highest BCUT2D eigenvalue weighted by Gasteiger charge is 2.12. The summed E-state index contributed by atoms with van der Waals surface area (Å²) < 4.78 is 6.99. The summed E-state index contributed by atoms with van der Waals surface area (Å²) in [5, 5.41) is 10.6. The highest BCUT2D eigenvalue weighted by molar-refractivity contribution is 6.32. The number of aliphatic hydroxyl groups is 1. The van der Waals surface area contributed by atoms with Crippen LogP contribution in [0.1, 0.15) is 0 Å². The van der Waals surface area contributed by atoms with E-state index in [2.05, 4.69) is 4.98 Å². The van der Waals surface area contributed by atoms with Crippen LogP contribution in [0.25, 0.3) is 11.0 Å². The van der Waals surface area contributed by atoms with Gasteiger partial charge in [-0.2, -0.15) is 0 Å². The van der Waals surface area contributed by atoms with E-state index in [1.807, 2.05) is 24.3 Å². The van der Waals surface area contributed by atoms with Crippen molar-refractivity contribution in [3.63, 3.8) is 0 Å². The Hall–Kier alpha value is -2.24. The average Bonchev–Trinajstić information content (AvgIpc) is 2.83. The van der Waals surface area contributed by atoms with Gasteiger partial charge in [0.25, 0.3) is 0 Å². The van der Waals surface area contributed by atoms with Crippen molar-refractivity contribution in [2.45, 2.75) is 12.6 Å². The summed E-state index contributed by atoms with van der Waals surface area (Å²) in [6.07, 6.45) is -0.826. The maximum atomic E-state index is 11.9. The van der Waals surface area contributed by atoms with E-state index in [0.717, 1.165) is 11.0 Å². The molecule has 22 heavy (non-hydrogen) atoms. The van der Waals surface area contributed by atoms with Gasteiger partial charge in [-0.15, -0.1) is 0 Å². The molecule has 114 valence electrons. The molecule has 3 rings (SSSR count). The lowest BCUT2D eigenvalue weighted by molar-refractivity contribution is 0.0927. The lowest BCUT2D eigenvalue weighted by atomic mass is 10.3. The number of aliphatic hydroxyl groups excluding tert-OH is 1. The van der Waals surface area contributed by atoms with E-state index < -0.39 is 6.10 Å². The molecule has 1 atom stereocenters. The van der Waals surface area contributed by atoms with E-state index >= 15 is 0 Å². The number of H-pyrrole nitrogens is 1. The van der Waals surface area contributed by atoms with E-state index in [9.17, 15) is 9.90 Å². The molecule has 1 aromatic heterocycles. The first kappa shape index (κ1) is 14.7. The van der Waals surface area contributed by atoms with Crippen LogP contribution in [0.3, 0.4) is 0 Å². The van der Waals surface area contributed by atoms with Crippen LogP contribution in [0.5, 0.6) is 5.75 Å². The van der Waals surface area contributed by atoms with Gasteiger partial charge in [-0.1, -0.05) is 35.9 Å². The molecule has 0 aliphatic rings. The second-order valence-electron chi connectivity index (χ2n) is 4.95. The van der Waals surface area contributed by atoms with Gasteiger partial charge in [-0.25, -0.2) is 4.79 Å². The fourth-order valence-electron chi connectivity index (χ4n) is 2.30. The Morgan fingerprint density at radius 1 is 1.18 bits per heavy atom. The third kappa shape index (κ3) is 3.00.